The first-order valence-corrected chi connectivity index (χ1v) is 11.2. The highest BCUT2D eigenvalue weighted by Crippen LogP contribution is 2.37. The summed E-state index contributed by atoms with van der Waals surface area (Å²) in [6.45, 7) is 0. The lowest BCUT2D eigenvalue weighted by molar-refractivity contribution is 0.407. The van der Waals surface area contributed by atoms with E-state index in [1.165, 1.54) is 74.9 Å². The van der Waals surface area contributed by atoms with Crippen molar-refractivity contribution in [2.75, 3.05) is 0 Å². The van der Waals surface area contributed by atoms with E-state index in [2.05, 4.69) is 50.6 Å². The van der Waals surface area contributed by atoms with Crippen molar-refractivity contribution >= 4 is 7.12 Å². The quantitative estimate of drug-likeness (QED) is 0.617. The molecule has 7 heteroatoms. The molecule has 0 bridgehead atoms. The normalized spacial score (nSPS) is 20.9. The molecular weight excluding hydrogens is 347 g/mol. The second-order valence-corrected chi connectivity index (χ2v) is 9.15. The van der Waals surface area contributed by atoms with E-state index in [0.717, 1.165) is 0 Å². The monoisotopic (exact) mass is 375 g/mol. The van der Waals surface area contributed by atoms with E-state index < -0.39 is 7.12 Å². The number of hydrogen-bond donors (Lipinski definition) is 0. The fourth-order valence-corrected chi connectivity index (χ4v) is 4.82. The van der Waals surface area contributed by atoms with E-state index in [9.17, 15) is 0 Å². The first-order valence-electron chi connectivity index (χ1n) is 11.2. The van der Waals surface area contributed by atoms with Crippen molar-refractivity contribution in [3.63, 3.8) is 0 Å². The molecule has 0 radical (unpaired) electrons. The Morgan fingerprint density at radius 3 is 1.14 bits per heavy atom. The van der Waals surface area contributed by atoms with Gasteiger partial charge in [-0.3, -0.25) is 0 Å². The minimum atomic E-state index is -1.22. The van der Waals surface area contributed by atoms with Crippen LogP contribution in [0.2, 0.25) is 0 Å². The van der Waals surface area contributed by atoms with Crippen molar-refractivity contribution in [1.82, 2.24) is 29.1 Å². The predicted octanol–water partition coefficient (Wildman–Crippen LogP) is 3.74. The van der Waals surface area contributed by atoms with Crippen molar-refractivity contribution in [2.45, 2.75) is 75.5 Å². The summed E-state index contributed by atoms with van der Waals surface area (Å²) in [5, 5.41) is 15.0. The van der Waals surface area contributed by atoms with Gasteiger partial charge in [0.15, 0.2) is 0 Å². The molecule has 0 N–H and O–H groups in total. The highest BCUT2D eigenvalue weighted by molar-refractivity contribution is 6.52. The standard InChI is InChI=1S/C21H28BN6/c1-4-16(5-1)19-10-13-26(23-19)22(27-14-11-20(24-27)17-6-2-7-17)28-15-12-21(25-28)18-8-3-9-18/h10-18,22H,1-9H2/q-1. The SMILES string of the molecule is c1cn([BH-](n2ccc(C3CCC3)n2)n2ccc(C3CCC3)n2)nc1C1CCC1. The third-order valence-corrected chi connectivity index (χ3v) is 7.42. The summed E-state index contributed by atoms with van der Waals surface area (Å²) in [6, 6.07) is 6.61. The van der Waals surface area contributed by atoms with Crippen LogP contribution in [0.5, 0.6) is 0 Å². The van der Waals surface area contributed by atoms with Crippen LogP contribution in [0.15, 0.2) is 36.8 Å². The van der Waals surface area contributed by atoms with Crippen LogP contribution >= 0.6 is 0 Å². The van der Waals surface area contributed by atoms with E-state index in [4.69, 9.17) is 15.3 Å². The van der Waals surface area contributed by atoms with Crippen LogP contribution in [0, 0.1) is 0 Å². The summed E-state index contributed by atoms with van der Waals surface area (Å²) >= 11 is 0. The van der Waals surface area contributed by atoms with Crippen LogP contribution in [0.4, 0.5) is 0 Å². The molecule has 3 aliphatic rings. The number of rotatable bonds is 6. The molecule has 0 aromatic carbocycles. The average molecular weight is 375 g/mol. The summed E-state index contributed by atoms with van der Waals surface area (Å²) in [5.74, 6) is 1.94. The number of aromatic nitrogens is 6. The molecule has 0 unspecified atom stereocenters. The highest BCUT2D eigenvalue weighted by Gasteiger charge is 2.26. The van der Waals surface area contributed by atoms with Gasteiger partial charge >= 0.3 is 7.12 Å². The smallest absolute Gasteiger partial charge is 0.326 e. The van der Waals surface area contributed by atoms with E-state index in [1.807, 2.05) is 0 Å². The summed E-state index contributed by atoms with van der Waals surface area (Å²) in [7, 11) is -1.22. The second-order valence-electron chi connectivity index (χ2n) is 9.15. The van der Waals surface area contributed by atoms with Gasteiger partial charge in [0.2, 0.25) is 0 Å². The largest absolute Gasteiger partial charge is 0.403 e. The fourth-order valence-electron chi connectivity index (χ4n) is 4.82. The fraction of sp³-hybridized carbons (Fsp3) is 0.571. The molecule has 6 rings (SSSR count). The zero-order chi connectivity index (χ0) is 18.5. The van der Waals surface area contributed by atoms with Crippen LogP contribution in [0.3, 0.4) is 0 Å². The maximum atomic E-state index is 4.99. The van der Waals surface area contributed by atoms with Crippen LogP contribution < -0.4 is 0 Å². The molecule has 3 heterocycles. The van der Waals surface area contributed by atoms with Crippen molar-refractivity contribution in [3.05, 3.63) is 53.9 Å². The minimum absolute atomic E-state index is 0.646. The maximum Gasteiger partial charge on any atom is 0.326 e. The third-order valence-electron chi connectivity index (χ3n) is 7.42. The molecule has 3 aromatic heterocycles. The highest BCUT2D eigenvalue weighted by atomic mass is 15.4. The molecule has 0 saturated heterocycles. The molecule has 3 saturated carbocycles. The Labute approximate surface area is 166 Å². The van der Waals surface area contributed by atoms with E-state index in [1.54, 1.807) is 0 Å². The molecule has 3 aliphatic carbocycles. The molecule has 146 valence electrons. The summed E-state index contributed by atoms with van der Waals surface area (Å²) < 4.78 is 6.38. The Bertz CT molecular complexity index is 835. The lowest BCUT2D eigenvalue weighted by atomic mass is 9.83. The van der Waals surface area contributed by atoms with Gasteiger partial charge in [0.05, 0.1) is 17.1 Å². The average Bonchev–Trinajstić information content (AvgIpc) is 3.26. The van der Waals surface area contributed by atoms with Crippen molar-refractivity contribution in [1.29, 1.82) is 0 Å². The van der Waals surface area contributed by atoms with Gasteiger partial charge in [-0.2, -0.15) is 0 Å². The number of nitrogens with zero attached hydrogens (tertiary/aromatic N) is 6. The molecular formula is C21H28BN6-. The van der Waals surface area contributed by atoms with Crippen molar-refractivity contribution in [2.24, 2.45) is 0 Å². The van der Waals surface area contributed by atoms with Gasteiger partial charge in [0.1, 0.15) is 0 Å². The Morgan fingerprint density at radius 1 is 0.571 bits per heavy atom. The van der Waals surface area contributed by atoms with Gasteiger partial charge in [-0.25, -0.2) is 15.3 Å². The topological polar surface area (TPSA) is 53.5 Å². The Morgan fingerprint density at radius 2 is 0.893 bits per heavy atom. The third kappa shape index (κ3) is 2.74. The van der Waals surface area contributed by atoms with Crippen LogP contribution in [0.1, 0.15) is 92.6 Å². The molecule has 0 atom stereocenters. The maximum absolute atomic E-state index is 4.99. The van der Waals surface area contributed by atoms with Gasteiger partial charge < -0.3 is 13.8 Å². The Balaban J connectivity index is 1.36. The van der Waals surface area contributed by atoms with Crippen molar-refractivity contribution in [3.8, 4) is 0 Å². The number of hydrogen-bond acceptors (Lipinski definition) is 3. The summed E-state index contributed by atoms with van der Waals surface area (Å²) in [4.78, 5) is 0. The lowest BCUT2D eigenvalue weighted by Crippen LogP contribution is -2.43. The first-order chi connectivity index (χ1) is 13.8. The van der Waals surface area contributed by atoms with E-state index >= 15 is 0 Å². The lowest BCUT2D eigenvalue weighted by Gasteiger charge is -2.29. The zero-order valence-corrected chi connectivity index (χ0v) is 16.5. The van der Waals surface area contributed by atoms with Gasteiger partial charge in [-0.05, 0) is 75.3 Å². The summed E-state index contributed by atoms with van der Waals surface area (Å²) in [5.41, 5.74) is 3.71. The van der Waals surface area contributed by atoms with Gasteiger partial charge in [0.25, 0.3) is 0 Å². The van der Waals surface area contributed by atoms with Crippen LogP contribution in [-0.4, -0.2) is 36.2 Å². The molecule has 0 spiro atoms. The van der Waals surface area contributed by atoms with Crippen molar-refractivity contribution < 1.29 is 0 Å². The molecule has 3 aromatic rings. The molecule has 0 amide bonds. The van der Waals surface area contributed by atoms with Gasteiger partial charge in [-0.1, -0.05) is 19.3 Å². The Hall–Kier alpha value is -2.31. The minimum Gasteiger partial charge on any atom is -0.403 e. The molecule has 28 heavy (non-hydrogen) atoms. The van der Waals surface area contributed by atoms with Gasteiger partial charge in [0, 0.05) is 17.8 Å². The Kier molecular flexibility index (Phi) is 3.94. The van der Waals surface area contributed by atoms with Crippen LogP contribution in [0.25, 0.3) is 0 Å². The molecule has 0 aliphatic heterocycles. The summed E-state index contributed by atoms with van der Waals surface area (Å²) in [6.07, 6.45) is 18.1. The molecule has 6 nitrogen and oxygen atoms in total. The van der Waals surface area contributed by atoms with E-state index in [-0.39, 0.29) is 0 Å². The zero-order valence-electron chi connectivity index (χ0n) is 16.5. The van der Waals surface area contributed by atoms with Crippen LogP contribution in [-0.2, 0) is 0 Å². The molecule has 3 fully saturated rings. The predicted molar refractivity (Wildman–Crippen MR) is 110 cm³/mol. The van der Waals surface area contributed by atoms with E-state index in [0.29, 0.717) is 17.8 Å². The first kappa shape index (κ1) is 16.6. The van der Waals surface area contributed by atoms with Gasteiger partial charge in [-0.15, -0.1) is 0 Å². The second kappa shape index (κ2) is 6.64.